The minimum absolute atomic E-state index is 0.0882. The Balaban J connectivity index is 1.99. The van der Waals surface area contributed by atoms with Crippen molar-refractivity contribution in [3.05, 3.63) is 21.9 Å². The van der Waals surface area contributed by atoms with E-state index >= 15 is 0 Å². The van der Waals surface area contributed by atoms with E-state index < -0.39 is 0 Å². The van der Waals surface area contributed by atoms with Crippen LogP contribution in [0.4, 0.5) is 0 Å². The molecule has 1 aromatic rings. The third-order valence-electron chi connectivity index (χ3n) is 3.72. The zero-order valence-corrected chi connectivity index (χ0v) is 11.3. The van der Waals surface area contributed by atoms with Crippen molar-refractivity contribution in [1.82, 2.24) is 5.32 Å². The van der Waals surface area contributed by atoms with Crippen LogP contribution in [-0.2, 0) is 4.79 Å². The molecular formula is C13H20N2OS. The fourth-order valence-corrected chi connectivity index (χ4v) is 3.11. The molecule has 0 aromatic carbocycles. The van der Waals surface area contributed by atoms with E-state index in [1.165, 1.54) is 9.75 Å². The summed E-state index contributed by atoms with van der Waals surface area (Å²) in [6.07, 6.45) is 2.99. The number of hydrogen-bond acceptors (Lipinski definition) is 3. The maximum absolute atomic E-state index is 12.2. The predicted molar refractivity (Wildman–Crippen MR) is 71.0 cm³/mol. The molecule has 0 spiro atoms. The van der Waals surface area contributed by atoms with Gasteiger partial charge in [0.05, 0.1) is 11.5 Å². The lowest BCUT2D eigenvalue weighted by Crippen LogP contribution is -2.50. The SMILES string of the molecule is Cc1ccc(C(C)NC(=O)C2(CN)CCC2)s1. The Labute approximate surface area is 106 Å². The van der Waals surface area contributed by atoms with Crippen molar-refractivity contribution in [1.29, 1.82) is 0 Å². The molecule has 0 bridgehead atoms. The van der Waals surface area contributed by atoms with E-state index in [9.17, 15) is 4.79 Å². The summed E-state index contributed by atoms with van der Waals surface area (Å²) in [4.78, 5) is 14.7. The molecule has 1 aliphatic carbocycles. The van der Waals surface area contributed by atoms with Crippen molar-refractivity contribution in [3.8, 4) is 0 Å². The summed E-state index contributed by atoms with van der Waals surface area (Å²) >= 11 is 1.74. The van der Waals surface area contributed by atoms with Gasteiger partial charge in [-0.2, -0.15) is 0 Å². The minimum atomic E-state index is -0.277. The van der Waals surface area contributed by atoms with Gasteiger partial charge in [-0.05, 0) is 38.8 Å². The van der Waals surface area contributed by atoms with E-state index in [0.29, 0.717) is 6.54 Å². The molecule has 1 saturated carbocycles. The van der Waals surface area contributed by atoms with Crippen molar-refractivity contribution in [2.45, 2.75) is 39.2 Å². The van der Waals surface area contributed by atoms with Gasteiger partial charge in [0.1, 0.15) is 0 Å². The molecule has 2 rings (SSSR count). The zero-order valence-electron chi connectivity index (χ0n) is 10.5. The summed E-state index contributed by atoms with van der Waals surface area (Å²) in [6, 6.07) is 4.26. The topological polar surface area (TPSA) is 55.1 Å². The Kier molecular flexibility index (Phi) is 3.54. The van der Waals surface area contributed by atoms with Crippen molar-refractivity contribution in [2.24, 2.45) is 11.1 Å². The number of thiophene rings is 1. The molecule has 1 heterocycles. The second-order valence-corrected chi connectivity index (χ2v) is 6.30. The highest BCUT2D eigenvalue weighted by Gasteiger charge is 2.43. The molecule has 1 fully saturated rings. The third kappa shape index (κ3) is 2.38. The molecule has 1 atom stereocenters. The molecule has 3 nitrogen and oxygen atoms in total. The molecule has 1 aliphatic rings. The van der Waals surface area contributed by atoms with E-state index in [4.69, 9.17) is 5.73 Å². The molecule has 0 aliphatic heterocycles. The predicted octanol–water partition coefficient (Wildman–Crippen LogP) is 2.36. The summed E-state index contributed by atoms with van der Waals surface area (Å²) in [6.45, 7) is 4.58. The molecule has 4 heteroatoms. The largest absolute Gasteiger partial charge is 0.348 e. The normalized spacial score (nSPS) is 19.5. The fraction of sp³-hybridized carbons (Fsp3) is 0.615. The Morgan fingerprint density at radius 1 is 1.59 bits per heavy atom. The van der Waals surface area contributed by atoms with E-state index in [-0.39, 0.29) is 17.4 Å². The number of carbonyl (C=O) groups excluding carboxylic acids is 1. The number of rotatable bonds is 4. The van der Waals surface area contributed by atoms with Crippen LogP contribution in [0.5, 0.6) is 0 Å². The Morgan fingerprint density at radius 2 is 2.29 bits per heavy atom. The summed E-state index contributed by atoms with van der Waals surface area (Å²) < 4.78 is 0. The maximum Gasteiger partial charge on any atom is 0.227 e. The number of nitrogens with one attached hydrogen (secondary N) is 1. The highest BCUT2D eigenvalue weighted by atomic mass is 32.1. The molecule has 1 unspecified atom stereocenters. The lowest BCUT2D eigenvalue weighted by molar-refractivity contribution is -0.135. The van der Waals surface area contributed by atoms with Crippen LogP contribution in [-0.4, -0.2) is 12.5 Å². The van der Waals surface area contributed by atoms with Gasteiger partial charge in [-0.25, -0.2) is 0 Å². The lowest BCUT2D eigenvalue weighted by Gasteiger charge is -2.39. The van der Waals surface area contributed by atoms with Gasteiger partial charge in [-0.1, -0.05) is 6.42 Å². The fourth-order valence-electron chi connectivity index (χ4n) is 2.23. The number of hydrogen-bond donors (Lipinski definition) is 2. The number of amides is 1. The second-order valence-electron chi connectivity index (χ2n) is 4.98. The highest BCUT2D eigenvalue weighted by Crippen LogP contribution is 2.40. The van der Waals surface area contributed by atoms with Gasteiger partial charge < -0.3 is 11.1 Å². The van der Waals surface area contributed by atoms with E-state index in [0.717, 1.165) is 19.3 Å². The Bertz CT molecular complexity index is 404. The average Bonchev–Trinajstić information content (AvgIpc) is 2.64. The van der Waals surface area contributed by atoms with Crippen LogP contribution in [0.25, 0.3) is 0 Å². The van der Waals surface area contributed by atoms with Gasteiger partial charge in [0.25, 0.3) is 0 Å². The first-order valence-corrected chi connectivity index (χ1v) is 6.96. The summed E-state index contributed by atoms with van der Waals surface area (Å²) in [5.74, 6) is 0.129. The average molecular weight is 252 g/mol. The van der Waals surface area contributed by atoms with Crippen LogP contribution in [0.2, 0.25) is 0 Å². The van der Waals surface area contributed by atoms with Gasteiger partial charge in [0.15, 0.2) is 0 Å². The van der Waals surface area contributed by atoms with Crippen molar-refractivity contribution in [2.75, 3.05) is 6.54 Å². The third-order valence-corrected chi connectivity index (χ3v) is 4.90. The van der Waals surface area contributed by atoms with E-state index in [2.05, 4.69) is 24.4 Å². The van der Waals surface area contributed by atoms with Crippen molar-refractivity contribution >= 4 is 17.2 Å². The maximum atomic E-state index is 12.2. The van der Waals surface area contributed by atoms with Crippen LogP contribution in [0, 0.1) is 12.3 Å². The summed E-state index contributed by atoms with van der Waals surface area (Å²) in [5.41, 5.74) is 5.45. The smallest absolute Gasteiger partial charge is 0.227 e. The van der Waals surface area contributed by atoms with Gasteiger partial charge in [0, 0.05) is 16.3 Å². The van der Waals surface area contributed by atoms with Crippen LogP contribution in [0.1, 0.15) is 42.0 Å². The van der Waals surface area contributed by atoms with Crippen LogP contribution < -0.4 is 11.1 Å². The summed E-state index contributed by atoms with van der Waals surface area (Å²) in [5, 5.41) is 3.09. The number of aryl methyl sites for hydroxylation is 1. The number of nitrogens with two attached hydrogens (primary N) is 1. The van der Waals surface area contributed by atoms with E-state index in [1.54, 1.807) is 11.3 Å². The Morgan fingerprint density at radius 3 is 2.71 bits per heavy atom. The summed E-state index contributed by atoms with van der Waals surface area (Å²) in [7, 11) is 0. The molecule has 17 heavy (non-hydrogen) atoms. The van der Waals surface area contributed by atoms with Crippen molar-refractivity contribution in [3.63, 3.8) is 0 Å². The highest BCUT2D eigenvalue weighted by molar-refractivity contribution is 7.12. The monoisotopic (exact) mass is 252 g/mol. The van der Waals surface area contributed by atoms with Crippen LogP contribution in [0.15, 0.2) is 12.1 Å². The molecular weight excluding hydrogens is 232 g/mol. The van der Waals surface area contributed by atoms with Crippen LogP contribution >= 0.6 is 11.3 Å². The van der Waals surface area contributed by atoms with Gasteiger partial charge >= 0.3 is 0 Å². The molecule has 1 amide bonds. The van der Waals surface area contributed by atoms with Gasteiger partial charge in [-0.15, -0.1) is 11.3 Å². The van der Waals surface area contributed by atoms with Crippen LogP contribution in [0.3, 0.4) is 0 Å². The van der Waals surface area contributed by atoms with Gasteiger partial charge in [-0.3, -0.25) is 4.79 Å². The standard InChI is InChI=1S/C13H20N2OS/c1-9-4-5-11(17-9)10(2)15-12(16)13(8-14)6-3-7-13/h4-5,10H,3,6-8,14H2,1-2H3,(H,15,16). The quantitative estimate of drug-likeness (QED) is 0.864. The van der Waals surface area contributed by atoms with Gasteiger partial charge in [0.2, 0.25) is 5.91 Å². The minimum Gasteiger partial charge on any atom is -0.348 e. The number of carbonyl (C=O) groups is 1. The van der Waals surface area contributed by atoms with E-state index in [1.807, 2.05) is 6.92 Å². The molecule has 1 aromatic heterocycles. The molecule has 0 radical (unpaired) electrons. The first kappa shape index (κ1) is 12.6. The Hall–Kier alpha value is -0.870. The second kappa shape index (κ2) is 4.78. The zero-order chi connectivity index (χ0) is 12.5. The van der Waals surface area contributed by atoms with Crippen molar-refractivity contribution < 1.29 is 4.79 Å². The molecule has 0 saturated heterocycles. The lowest BCUT2D eigenvalue weighted by atomic mass is 9.68. The first-order chi connectivity index (χ1) is 8.07. The first-order valence-electron chi connectivity index (χ1n) is 6.15. The molecule has 3 N–H and O–H groups in total. The molecule has 94 valence electrons.